The molecule has 0 aromatic heterocycles. The molecule has 1 aromatic rings. The van der Waals surface area contributed by atoms with Crippen molar-refractivity contribution in [3.05, 3.63) is 35.9 Å². The van der Waals surface area contributed by atoms with Gasteiger partial charge in [0, 0.05) is 5.92 Å². The molecular weight excluding hydrogens is 288 g/mol. The molecule has 1 fully saturated rings. The lowest BCUT2D eigenvalue weighted by Crippen LogP contribution is -2.44. The number of carbonyl (C=O) groups excluding carboxylic acids is 3. The molecule has 6 nitrogen and oxygen atoms in total. The van der Waals surface area contributed by atoms with E-state index in [0.29, 0.717) is 5.56 Å². The van der Waals surface area contributed by atoms with E-state index in [1.165, 1.54) is 0 Å². The van der Waals surface area contributed by atoms with Gasteiger partial charge in [0.2, 0.25) is 0 Å². The summed E-state index contributed by atoms with van der Waals surface area (Å²) in [6.07, 6.45) is -0.124. The molecule has 1 aromatic carbocycles. The summed E-state index contributed by atoms with van der Waals surface area (Å²) in [4.78, 5) is 37.4. The van der Waals surface area contributed by atoms with E-state index in [1.807, 2.05) is 0 Å². The lowest BCUT2D eigenvalue weighted by molar-refractivity contribution is -0.170. The van der Waals surface area contributed by atoms with Gasteiger partial charge in [-0.3, -0.25) is 14.4 Å². The van der Waals surface area contributed by atoms with Gasteiger partial charge in [0.05, 0.1) is 26.7 Å². The zero-order valence-electron chi connectivity index (χ0n) is 12.4. The van der Waals surface area contributed by atoms with Crippen molar-refractivity contribution in [1.29, 1.82) is 0 Å². The van der Waals surface area contributed by atoms with Crippen LogP contribution in [0.1, 0.15) is 17.9 Å². The number of benzene rings is 1. The van der Waals surface area contributed by atoms with Gasteiger partial charge in [-0.1, -0.05) is 30.3 Å². The fraction of sp³-hybridized carbons (Fsp3) is 0.438. The summed E-state index contributed by atoms with van der Waals surface area (Å²) in [7, 11) is 2.32. The van der Waals surface area contributed by atoms with Crippen LogP contribution in [0.4, 0.5) is 0 Å². The molecule has 22 heavy (non-hydrogen) atoms. The number of ether oxygens (including phenoxy) is 2. The van der Waals surface area contributed by atoms with E-state index in [1.54, 1.807) is 30.3 Å². The Morgan fingerprint density at radius 1 is 1.18 bits per heavy atom. The van der Waals surface area contributed by atoms with Crippen LogP contribution in [0.15, 0.2) is 30.3 Å². The van der Waals surface area contributed by atoms with Crippen molar-refractivity contribution in [2.45, 2.75) is 12.3 Å². The zero-order chi connectivity index (χ0) is 16.3. The molecule has 0 amide bonds. The molecule has 0 bridgehead atoms. The first-order valence-corrected chi connectivity index (χ1v) is 6.89. The predicted octanol–water partition coefficient (Wildman–Crippen LogP) is 0.684. The summed E-state index contributed by atoms with van der Waals surface area (Å²) in [5.74, 6) is -3.83. The minimum atomic E-state index is -1.75. The topological polar surface area (TPSA) is 89.9 Å². The molecule has 0 aliphatic heterocycles. The SMILES string of the molecule is COC(=O)C1(C(=O)OC)CC(CO)C(=O)[C@@H]1c1ccccc1. The molecule has 6 heteroatoms. The number of methoxy groups -OCH3 is 2. The van der Waals surface area contributed by atoms with Gasteiger partial charge in [-0.05, 0) is 12.0 Å². The Bertz CT molecular complexity index is 564. The third kappa shape index (κ3) is 2.29. The Labute approximate surface area is 128 Å². The molecule has 0 spiro atoms. The van der Waals surface area contributed by atoms with Crippen LogP contribution in [-0.2, 0) is 23.9 Å². The summed E-state index contributed by atoms with van der Waals surface area (Å²) in [5, 5.41) is 9.42. The summed E-state index contributed by atoms with van der Waals surface area (Å²) in [6.45, 7) is -0.433. The average molecular weight is 306 g/mol. The first-order valence-electron chi connectivity index (χ1n) is 6.89. The van der Waals surface area contributed by atoms with Crippen molar-refractivity contribution in [1.82, 2.24) is 0 Å². The lowest BCUT2D eigenvalue weighted by Gasteiger charge is -2.29. The minimum absolute atomic E-state index is 0.124. The number of aliphatic hydroxyl groups excluding tert-OH is 1. The molecule has 2 rings (SSSR count). The van der Waals surface area contributed by atoms with Crippen molar-refractivity contribution in [3.63, 3.8) is 0 Å². The Hall–Kier alpha value is -2.21. The van der Waals surface area contributed by atoms with E-state index < -0.39 is 35.8 Å². The second kappa shape index (κ2) is 6.27. The van der Waals surface area contributed by atoms with Crippen LogP contribution < -0.4 is 0 Å². The van der Waals surface area contributed by atoms with Crippen LogP contribution >= 0.6 is 0 Å². The van der Waals surface area contributed by atoms with Crippen molar-refractivity contribution >= 4 is 17.7 Å². The van der Waals surface area contributed by atoms with Gasteiger partial charge in [0.15, 0.2) is 5.41 Å². The molecule has 118 valence electrons. The number of hydrogen-bond donors (Lipinski definition) is 1. The third-order valence-corrected chi connectivity index (χ3v) is 4.20. The maximum Gasteiger partial charge on any atom is 0.324 e. The van der Waals surface area contributed by atoms with Crippen LogP contribution in [0.5, 0.6) is 0 Å². The quantitative estimate of drug-likeness (QED) is 0.650. The van der Waals surface area contributed by atoms with Crippen molar-refractivity contribution in [3.8, 4) is 0 Å². The summed E-state index contributed by atoms with van der Waals surface area (Å²) < 4.78 is 9.56. The van der Waals surface area contributed by atoms with Gasteiger partial charge in [-0.25, -0.2) is 0 Å². The highest BCUT2D eigenvalue weighted by Gasteiger charge is 2.64. The van der Waals surface area contributed by atoms with Crippen LogP contribution in [0, 0.1) is 11.3 Å². The van der Waals surface area contributed by atoms with E-state index in [0.717, 1.165) is 14.2 Å². The predicted molar refractivity (Wildman–Crippen MR) is 75.8 cm³/mol. The van der Waals surface area contributed by atoms with E-state index in [2.05, 4.69) is 0 Å². The number of Topliss-reactive ketones (excluding diaryl/α,β-unsaturated/α-hetero) is 1. The highest BCUT2D eigenvalue weighted by Crippen LogP contribution is 2.51. The summed E-state index contributed by atoms with van der Waals surface area (Å²) in [5.41, 5.74) is -1.23. The molecule has 2 atom stereocenters. The summed E-state index contributed by atoms with van der Waals surface area (Å²) in [6, 6.07) is 8.54. The molecule has 0 heterocycles. The fourth-order valence-corrected chi connectivity index (χ4v) is 3.18. The second-order valence-corrected chi connectivity index (χ2v) is 5.28. The zero-order valence-corrected chi connectivity index (χ0v) is 12.4. The van der Waals surface area contributed by atoms with E-state index in [9.17, 15) is 19.5 Å². The molecule has 1 unspecified atom stereocenters. The Morgan fingerprint density at radius 3 is 2.18 bits per heavy atom. The van der Waals surface area contributed by atoms with Gasteiger partial charge < -0.3 is 14.6 Å². The average Bonchev–Trinajstić information content (AvgIpc) is 2.87. The number of ketones is 1. The Kier molecular flexibility index (Phi) is 4.61. The smallest absolute Gasteiger partial charge is 0.324 e. The first kappa shape index (κ1) is 16.2. The third-order valence-electron chi connectivity index (χ3n) is 4.20. The van der Waals surface area contributed by atoms with Crippen molar-refractivity contribution < 1.29 is 29.0 Å². The Morgan fingerprint density at radius 2 is 1.73 bits per heavy atom. The summed E-state index contributed by atoms with van der Waals surface area (Å²) >= 11 is 0. The number of esters is 2. The number of rotatable bonds is 4. The van der Waals surface area contributed by atoms with Crippen LogP contribution in [-0.4, -0.2) is 43.7 Å². The molecule has 0 saturated heterocycles. The monoisotopic (exact) mass is 306 g/mol. The molecular formula is C16H18O6. The van der Waals surface area contributed by atoms with E-state index in [4.69, 9.17) is 9.47 Å². The van der Waals surface area contributed by atoms with Gasteiger partial charge in [-0.15, -0.1) is 0 Å². The van der Waals surface area contributed by atoms with Gasteiger partial charge in [-0.2, -0.15) is 0 Å². The van der Waals surface area contributed by atoms with E-state index >= 15 is 0 Å². The largest absolute Gasteiger partial charge is 0.468 e. The van der Waals surface area contributed by atoms with Crippen LogP contribution in [0.25, 0.3) is 0 Å². The van der Waals surface area contributed by atoms with Crippen LogP contribution in [0.3, 0.4) is 0 Å². The number of aliphatic hydroxyl groups is 1. The van der Waals surface area contributed by atoms with E-state index in [-0.39, 0.29) is 12.2 Å². The highest BCUT2D eigenvalue weighted by molar-refractivity contribution is 6.10. The molecule has 1 saturated carbocycles. The molecule has 1 aliphatic carbocycles. The van der Waals surface area contributed by atoms with Gasteiger partial charge in [0.1, 0.15) is 5.78 Å². The van der Waals surface area contributed by atoms with Crippen molar-refractivity contribution in [2.75, 3.05) is 20.8 Å². The van der Waals surface area contributed by atoms with Gasteiger partial charge in [0.25, 0.3) is 0 Å². The molecule has 1 N–H and O–H groups in total. The lowest BCUT2D eigenvalue weighted by atomic mass is 9.74. The van der Waals surface area contributed by atoms with Crippen molar-refractivity contribution in [2.24, 2.45) is 11.3 Å². The number of carbonyl (C=O) groups is 3. The normalized spacial score (nSPS) is 23.1. The standard InChI is InChI=1S/C16H18O6/c1-21-14(19)16(15(20)22-2)8-11(9-17)13(18)12(16)10-6-4-3-5-7-10/h3-7,11-12,17H,8-9H2,1-2H3/t11?,12-/m0/s1. The molecule has 0 radical (unpaired) electrons. The second-order valence-electron chi connectivity index (χ2n) is 5.28. The maximum absolute atomic E-state index is 12.6. The number of hydrogen-bond acceptors (Lipinski definition) is 6. The fourth-order valence-electron chi connectivity index (χ4n) is 3.18. The minimum Gasteiger partial charge on any atom is -0.468 e. The molecule has 1 aliphatic rings. The first-order chi connectivity index (χ1) is 10.5. The van der Waals surface area contributed by atoms with Crippen LogP contribution in [0.2, 0.25) is 0 Å². The Balaban J connectivity index is 2.64. The highest BCUT2D eigenvalue weighted by atomic mass is 16.5. The van der Waals surface area contributed by atoms with Gasteiger partial charge >= 0.3 is 11.9 Å². The maximum atomic E-state index is 12.6.